The fraction of sp³-hybridized carbons (Fsp3) is 0.500. The molecule has 1 N–H and O–H groups in total. The second kappa shape index (κ2) is 7.97. The molecule has 0 amide bonds. The smallest absolute Gasteiger partial charge is 0.101 e. The van der Waals surface area contributed by atoms with Gasteiger partial charge < -0.3 is 10.2 Å². The lowest BCUT2D eigenvalue weighted by Gasteiger charge is -2.18. The van der Waals surface area contributed by atoms with E-state index in [1.165, 1.54) is 0 Å². The monoisotopic (exact) mass is 265 g/mol. The van der Waals surface area contributed by atoms with Crippen LogP contribution in [0.1, 0.15) is 25.8 Å². The van der Waals surface area contributed by atoms with E-state index >= 15 is 0 Å². The number of nitrogens with zero attached hydrogens (tertiary/aromatic N) is 2. The fourth-order valence-corrected chi connectivity index (χ4v) is 2.00. The molecule has 0 saturated carbocycles. The van der Waals surface area contributed by atoms with Crippen LogP contribution in [0.25, 0.3) is 0 Å². The highest BCUT2D eigenvalue weighted by Gasteiger charge is 2.03. The van der Waals surface area contributed by atoms with E-state index in [1.54, 1.807) is 18.2 Å². The van der Waals surface area contributed by atoms with Crippen LogP contribution in [0.2, 0.25) is 5.02 Å². The predicted molar refractivity (Wildman–Crippen MR) is 77.1 cm³/mol. The number of halogens is 1. The maximum atomic E-state index is 8.99. The van der Waals surface area contributed by atoms with Gasteiger partial charge in [-0.25, -0.2) is 0 Å². The van der Waals surface area contributed by atoms with Gasteiger partial charge in [-0.3, -0.25) is 0 Å². The van der Waals surface area contributed by atoms with Gasteiger partial charge in [0.15, 0.2) is 0 Å². The van der Waals surface area contributed by atoms with Gasteiger partial charge in [-0.1, -0.05) is 25.4 Å². The van der Waals surface area contributed by atoms with E-state index in [1.807, 2.05) is 0 Å². The quantitative estimate of drug-likeness (QED) is 0.769. The molecule has 0 aliphatic rings. The Morgan fingerprint density at radius 1 is 1.33 bits per heavy atom. The Kier molecular flexibility index (Phi) is 6.56. The molecule has 0 unspecified atom stereocenters. The molecule has 0 heterocycles. The van der Waals surface area contributed by atoms with Gasteiger partial charge in [0.05, 0.1) is 11.3 Å². The summed E-state index contributed by atoms with van der Waals surface area (Å²) >= 11 is 5.92. The van der Waals surface area contributed by atoms with Gasteiger partial charge in [0.1, 0.15) is 6.07 Å². The Hall–Kier alpha value is -1.24. The van der Waals surface area contributed by atoms with E-state index in [0.717, 1.165) is 38.3 Å². The summed E-state index contributed by atoms with van der Waals surface area (Å²) in [4.78, 5) is 2.38. The SMILES string of the molecule is CCN(CC)CCCNc1cc(Cl)ccc1C#N. The molecule has 3 nitrogen and oxygen atoms in total. The summed E-state index contributed by atoms with van der Waals surface area (Å²) in [5.41, 5.74) is 1.46. The Balaban J connectivity index is 2.44. The zero-order valence-electron chi connectivity index (χ0n) is 11.0. The standard InChI is InChI=1S/C14H20ClN3/c1-3-18(4-2)9-5-8-17-14-10-13(15)7-6-12(14)11-16/h6-7,10,17H,3-5,8-9H2,1-2H3. The first-order chi connectivity index (χ1) is 8.71. The lowest BCUT2D eigenvalue weighted by atomic mass is 10.2. The van der Waals surface area contributed by atoms with E-state index in [9.17, 15) is 0 Å². The fourth-order valence-electron chi connectivity index (χ4n) is 1.83. The van der Waals surface area contributed by atoms with Gasteiger partial charge in [-0.15, -0.1) is 0 Å². The van der Waals surface area contributed by atoms with Crippen molar-refractivity contribution >= 4 is 17.3 Å². The minimum Gasteiger partial charge on any atom is -0.384 e. The Morgan fingerprint density at radius 2 is 2.06 bits per heavy atom. The van der Waals surface area contributed by atoms with Crippen molar-refractivity contribution in [2.75, 3.05) is 31.5 Å². The molecule has 0 aliphatic carbocycles. The number of rotatable bonds is 7. The summed E-state index contributed by atoms with van der Waals surface area (Å²) in [6.45, 7) is 8.42. The molecule has 0 aliphatic heterocycles. The zero-order valence-corrected chi connectivity index (χ0v) is 11.8. The first kappa shape index (κ1) is 14.8. The van der Waals surface area contributed by atoms with Crippen LogP contribution in [-0.4, -0.2) is 31.1 Å². The molecule has 1 aromatic carbocycles. The van der Waals surface area contributed by atoms with Crippen LogP contribution in [0.3, 0.4) is 0 Å². The summed E-state index contributed by atoms with van der Waals surface area (Å²) in [6.07, 6.45) is 1.05. The normalized spacial score (nSPS) is 10.4. The first-order valence-corrected chi connectivity index (χ1v) is 6.75. The van der Waals surface area contributed by atoms with Gasteiger partial charge in [-0.2, -0.15) is 5.26 Å². The summed E-state index contributed by atoms with van der Waals surface area (Å²) in [7, 11) is 0. The van der Waals surface area contributed by atoms with Crippen LogP contribution in [0, 0.1) is 11.3 Å². The van der Waals surface area contributed by atoms with Gasteiger partial charge in [0, 0.05) is 11.6 Å². The molecular formula is C14H20ClN3. The molecule has 1 rings (SSSR count). The molecular weight excluding hydrogens is 246 g/mol. The topological polar surface area (TPSA) is 39.1 Å². The minimum atomic E-state index is 0.641. The van der Waals surface area contributed by atoms with Gasteiger partial charge in [0.2, 0.25) is 0 Å². The lowest BCUT2D eigenvalue weighted by Crippen LogP contribution is -2.25. The van der Waals surface area contributed by atoms with Crippen molar-refractivity contribution in [3.8, 4) is 6.07 Å². The number of hydrogen-bond donors (Lipinski definition) is 1. The van der Waals surface area contributed by atoms with Gasteiger partial charge >= 0.3 is 0 Å². The first-order valence-electron chi connectivity index (χ1n) is 6.37. The molecule has 0 bridgehead atoms. The number of hydrogen-bond acceptors (Lipinski definition) is 3. The largest absolute Gasteiger partial charge is 0.384 e. The van der Waals surface area contributed by atoms with E-state index < -0.39 is 0 Å². The van der Waals surface area contributed by atoms with Crippen LogP contribution in [0.5, 0.6) is 0 Å². The third kappa shape index (κ3) is 4.56. The minimum absolute atomic E-state index is 0.641. The highest BCUT2D eigenvalue weighted by atomic mass is 35.5. The molecule has 0 aromatic heterocycles. The average Bonchev–Trinajstić information content (AvgIpc) is 2.39. The van der Waals surface area contributed by atoms with Crippen molar-refractivity contribution in [2.45, 2.75) is 20.3 Å². The Bertz CT molecular complexity index is 408. The molecule has 18 heavy (non-hydrogen) atoms. The predicted octanol–water partition coefficient (Wildman–Crippen LogP) is 3.36. The second-order valence-electron chi connectivity index (χ2n) is 4.11. The molecule has 4 heteroatoms. The highest BCUT2D eigenvalue weighted by molar-refractivity contribution is 6.30. The van der Waals surface area contributed by atoms with E-state index in [0.29, 0.717) is 10.6 Å². The average molecular weight is 266 g/mol. The van der Waals surface area contributed by atoms with Crippen molar-refractivity contribution in [3.63, 3.8) is 0 Å². The van der Waals surface area contributed by atoms with E-state index in [2.05, 4.69) is 30.1 Å². The molecule has 0 atom stereocenters. The number of nitrogens with one attached hydrogen (secondary N) is 1. The highest BCUT2D eigenvalue weighted by Crippen LogP contribution is 2.20. The van der Waals surface area contributed by atoms with E-state index in [-0.39, 0.29) is 0 Å². The molecule has 1 aromatic rings. The number of benzene rings is 1. The summed E-state index contributed by atoms with van der Waals surface area (Å²) in [5, 5.41) is 12.9. The van der Waals surface area contributed by atoms with Gasteiger partial charge in [0.25, 0.3) is 0 Å². The maximum Gasteiger partial charge on any atom is 0.101 e. The third-order valence-electron chi connectivity index (χ3n) is 2.96. The number of anilines is 1. The van der Waals surface area contributed by atoms with Crippen LogP contribution in [0.15, 0.2) is 18.2 Å². The van der Waals surface area contributed by atoms with Crippen molar-refractivity contribution in [1.82, 2.24) is 4.90 Å². The summed E-state index contributed by atoms with van der Waals surface area (Å²) in [5.74, 6) is 0. The van der Waals surface area contributed by atoms with Crippen LogP contribution < -0.4 is 5.32 Å². The number of nitriles is 1. The van der Waals surface area contributed by atoms with Crippen LogP contribution >= 0.6 is 11.6 Å². The van der Waals surface area contributed by atoms with Crippen molar-refractivity contribution in [1.29, 1.82) is 5.26 Å². The lowest BCUT2D eigenvalue weighted by molar-refractivity contribution is 0.303. The maximum absolute atomic E-state index is 8.99. The Labute approximate surface area is 114 Å². The van der Waals surface area contributed by atoms with Crippen LogP contribution in [0.4, 0.5) is 5.69 Å². The summed E-state index contributed by atoms with van der Waals surface area (Å²) < 4.78 is 0. The van der Waals surface area contributed by atoms with E-state index in [4.69, 9.17) is 16.9 Å². The van der Waals surface area contributed by atoms with Crippen molar-refractivity contribution in [3.05, 3.63) is 28.8 Å². The van der Waals surface area contributed by atoms with Crippen LogP contribution in [-0.2, 0) is 0 Å². The van der Waals surface area contributed by atoms with Crippen molar-refractivity contribution in [2.24, 2.45) is 0 Å². The zero-order chi connectivity index (χ0) is 13.4. The van der Waals surface area contributed by atoms with Crippen molar-refractivity contribution < 1.29 is 0 Å². The molecule has 0 fully saturated rings. The van der Waals surface area contributed by atoms with Gasteiger partial charge in [-0.05, 0) is 44.3 Å². The third-order valence-corrected chi connectivity index (χ3v) is 3.20. The summed E-state index contributed by atoms with van der Waals surface area (Å²) in [6, 6.07) is 7.45. The molecule has 98 valence electrons. The molecule has 0 radical (unpaired) electrons. The molecule has 0 spiro atoms. The molecule has 0 saturated heterocycles. The Morgan fingerprint density at radius 3 is 2.67 bits per heavy atom. The second-order valence-corrected chi connectivity index (χ2v) is 4.55.